The van der Waals surface area contributed by atoms with Gasteiger partial charge in [-0.15, -0.1) is 11.3 Å². The standard InChI is InChI=1S/C19H19N3O2S/c1-4-24-19(23)17-12(3)22-18(25-17)13-7-8-16-15(10-13)14(6-5-9-20)11(2)21-16/h7-8,10,21H,4-6H2,1-3H3. The van der Waals surface area contributed by atoms with Gasteiger partial charge in [-0.1, -0.05) is 0 Å². The number of nitrogens with one attached hydrogen (secondary N) is 1. The summed E-state index contributed by atoms with van der Waals surface area (Å²) in [5.74, 6) is -0.322. The summed E-state index contributed by atoms with van der Waals surface area (Å²) in [6, 6.07) is 8.31. The molecule has 0 aliphatic rings. The van der Waals surface area contributed by atoms with Crippen LogP contribution in [0.4, 0.5) is 0 Å². The van der Waals surface area contributed by atoms with Crippen LogP contribution in [-0.2, 0) is 11.2 Å². The van der Waals surface area contributed by atoms with E-state index in [2.05, 4.69) is 22.1 Å². The third kappa shape index (κ3) is 3.28. The molecule has 0 amide bonds. The van der Waals surface area contributed by atoms with Crippen molar-refractivity contribution in [2.45, 2.75) is 33.6 Å². The summed E-state index contributed by atoms with van der Waals surface area (Å²) < 4.78 is 5.09. The van der Waals surface area contributed by atoms with E-state index in [-0.39, 0.29) is 5.97 Å². The van der Waals surface area contributed by atoms with E-state index in [9.17, 15) is 4.79 Å². The largest absolute Gasteiger partial charge is 0.462 e. The van der Waals surface area contributed by atoms with Gasteiger partial charge in [0.25, 0.3) is 0 Å². The van der Waals surface area contributed by atoms with E-state index >= 15 is 0 Å². The number of rotatable bonds is 5. The van der Waals surface area contributed by atoms with E-state index in [0.717, 1.165) is 39.2 Å². The van der Waals surface area contributed by atoms with Crippen molar-refractivity contribution in [3.63, 3.8) is 0 Å². The number of nitrogens with zero attached hydrogens (tertiary/aromatic N) is 2. The van der Waals surface area contributed by atoms with Crippen molar-refractivity contribution in [2.24, 2.45) is 0 Å². The number of fused-ring (bicyclic) bond motifs is 1. The van der Waals surface area contributed by atoms with Crippen LogP contribution in [0.1, 0.15) is 40.0 Å². The number of aromatic nitrogens is 2. The molecule has 3 rings (SSSR count). The van der Waals surface area contributed by atoms with Gasteiger partial charge in [0.2, 0.25) is 0 Å². The van der Waals surface area contributed by atoms with Crippen LogP contribution in [0.15, 0.2) is 18.2 Å². The highest BCUT2D eigenvalue weighted by atomic mass is 32.1. The van der Waals surface area contributed by atoms with Gasteiger partial charge in [-0.2, -0.15) is 5.26 Å². The predicted octanol–water partition coefficient (Wildman–Crippen LogP) is 4.54. The highest BCUT2D eigenvalue weighted by Gasteiger charge is 2.18. The second-order valence-electron chi connectivity index (χ2n) is 5.80. The lowest BCUT2D eigenvalue weighted by atomic mass is 10.0. The number of aryl methyl sites for hydroxylation is 3. The van der Waals surface area contributed by atoms with Gasteiger partial charge in [0.1, 0.15) is 9.88 Å². The minimum atomic E-state index is -0.322. The smallest absolute Gasteiger partial charge is 0.350 e. The molecule has 128 valence electrons. The Labute approximate surface area is 150 Å². The molecule has 0 bridgehead atoms. The summed E-state index contributed by atoms with van der Waals surface area (Å²) in [5, 5.41) is 10.8. The van der Waals surface area contributed by atoms with E-state index in [1.807, 2.05) is 26.0 Å². The third-order valence-electron chi connectivity index (χ3n) is 4.11. The van der Waals surface area contributed by atoms with Crippen molar-refractivity contribution in [3.8, 4) is 16.6 Å². The van der Waals surface area contributed by atoms with E-state index in [0.29, 0.717) is 23.6 Å². The molecule has 2 heterocycles. The normalized spacial score (nSPS) is 10.8. The summed E-state index contributed by atoms with van der Waals surface area (Å²) in [4.78, 5) is 20.5. The first kappa shape index (κ1) is 17.2. The number of H-pyrrole nitrogens is 1. The molecule has 0 saturated carbocycles. The van der Waals surface area contributed by atoms with Gasteiger partial charge in [-0.25, -0.2) is 9.78 Å². The van der Waals surface area contributed by atoms with Gasteiger partial charge in [0.05, 0.1) is 18.4 Å². The quantitative estimate of drug-likeness (QED) is 0.683. The Morgan fingerprint density at radius 2 is 2.20 bits per heavy atom. The third-order valence-corrected chi connectivity index (χ3v) is 5.30. The number of hydrogen-bond acceptors (Lipinski definition) is 5. The molecule has 2 aromatic heterocycles. The fourth-order valence-electron chi connectivity index (χ4n) is 2.92. The molecule has 0 aliphatic carbocycles. The highest BCUT2D eigenvalue weighted by Crippen LogP contribution is 2.32. The number of hydrogen-bond donors (Lipinski definition) is 1. The minimum Gasteiger partial charge on any atom is -0.462 e. The van der Waals surface area contributed by atoms with E-state index in [1.165, 1.54) is 11.3 Å². The molecule has 3 aromatic rings. The van der Waals surface area contributed by atoms with Crippen LogP contribution in [0.25, 0.3) is 21.5 Å². The number of carbonyl (C=O) groups is 1. The predicted molar refractivity (Wildman–Crippen MR) is 98.8 cm³/mol. The van der Waals surface area contributed by atoms with Crippen LogP contribution in [0.5, 0.6) is 0 Å². The number of aromatic amines is 1. The van der Waals surface area contributed by atoms with Crippen LogP contribution >= 0.6 is 11.3 Å². The first-order valence-corrected chi connectivity index (χ1v) is 8.99. The van der Waals surface area contributed by atoms with E-state index in [1.54, 1.807) is 6.92 Å². The zero-order valence-electron chi connectivity index (χ0n) is 14.5. The first-order valence-electron chi connectivity index (χ1n) is 8.18. The maximum atomic E-state index is 12.0. The van der Waals surface area contributed by atoms with Gasteiger partial charge < -0.3 is 9.72 Å². The number of nitriles is 1. The Bertz CT molecular complexity index is 979. The van der Waals surface area contributed by atoms with Crippen molar-refractivity contribution in [3.05, 3.63) is 40.0 Å². The summed E-state index contributed by atoms with van der Waals surface area (Å²) in [7, 11) is 0. The fraction of sp³-hybridized carbons (Fsp3) is 0.316. The number of benzene rings is 1. The van der Waals surface area contributed by atoms with Gasteiger partial charge in [0, 0.05) is 28.6 Å². The molecule has 0 radical (unpaired) electrons. The van der Waals surface area contributed by atoms with Crippen LogP contribution in [0, 0.1) is 25.2 Å². The first-order chi connectivity index (χ1) is 12.0. The van der Waals surface area contributed by atoms with E-state index in [4.69, 9.17) is 10.00 Å². The Morgan fingerprint density at radius 3 is 2.92 bits per heavy atom. The molecule has 0 saturated heterocycles. The minimum absolute atomic E-state index is 0.322. The number of carbonyl (C=O) groups excluding carboxylic acids is 1. The zero-order chi connectivity index (χ0) is 18.0. The Balaban J connectivity index is 2.03. The average Bonchev–Trinajstić information content (AvgIpc) is 3.12. The fourth-order valence-corrected chi connectivity index (χ4v) is 3.88. The summed E-state index contributed by atoms with van der Waals surface area (Å²) in [6.07, 6.45) is 1.21. The maximum absolute atomic E-state index is 12.0. The van der Waals surface area contributed by atoms with E-state index < -0.39 is 0 Å². The van der Waals surface area contributed by atoms with Crippen LogP contribution in [0.2, 0.25) is 0 Å². The number of esters is 1. The number of thiazole rings is 1. The molecule has 0 atom stereocenters. The monoisotopic (exact) mass is 353 g/mol. The molecular formula is C19H19N3O2S. The molecule has 0 spiro atoms. The Kier molecular flexibility index (Phi) is 4.86. The summed E-state index contributed by atoms with van der Waals surface area (Å²) in [6.45, 7) is 5.99. The molecule has 0 fully saturated rings. The van der Waals surface area contributed by atoms with Gasteiger partial charge >= 0.3 is 5.97 Å². The molecule has 0 unspecified atom stereocenters. The van der Waals surface area contributed by atoms with Crippen LogP contribution in [0.3, 0.4) is 0 Å². The molecule has 25 heavy (non-hydrogen) atoms. The molecule has 0 aliphatic heterocycles. The maximum Gasteiger partial charge on any atom is 0.350 e. The second-order valence-corrected chi connectivity index (χ2v) is 6.80. The Morgan fingerprint density at radius 1 is 1.40 bits per heavy atom. The lowest BCUT2D eigenvalue weighted by Crippen LogP contribution is -2.03. The van der Waals surface area contributed by atoms with Crippen LogP contribution < -0.4 is 0 Å². The topological polar surface area (TPSA) is 78.8 Å². The van der Waals surface area contributed by atoms with Gasteiger partial charge in [-0.3, -0.25) is 0 Å². The lowest BCUT2D eigenvalue weighted by molar-refractivity contribution is 0.0531. The summed E-state index contributed by atoms with van der Waals surface area (Å²) >= 11 is 1.35. The second kappa shape index (κ2) is 7.08. The molecule has 6 heteroatoms. The lowest BCUT2D eigenvalue weighted by Gasteiger charge is -2.00. The van der Waals surface area contributed by atoms with Gasteiger partial charge in [-0.05, 0) is 51.0 Å². The molecule has 1 N–H and O–H groups in total. The number of ether oxygens (including phenoxy) is 1. The van der Waals surface area contributed by atoms with Gasteiger partial charge in [0.15, 0.2) is 0 Å². The van der Waals surface area contributed by atoms with Crippen molar-refractivity contribution in [2.75, 3.05) is 6.61 Å². The average molecular weight is 353 g/mol. The molecule has 5 nitrogen and oxygen atoms in total. The zero-order valence-corrected chi connectivity index (χ0v) is 15.3. The summed E-state index contributed by atoms with van der Waals surface area (Å²) in [5.41, 5.74) is 4.96. The van der Waals surface area contributed by atoms with Crippen LogP contribution in [-0.4, -0.2) is 22.5 Å². The van der Waals surface area contributed by atoms with Crippen molar-refractivity contribution in [1.29, 1.82) is 5.26 Å². The SMILES string of the molecule is CCOC(=O)c1sc(-c2ccc3[nH]c(C)c(CCC#N)c3c2)nc1C. The highest BCUT2D eigenvalue weighted by molar-refractivity contribution is 7.17. The molecule has 1 aromatic carbocycles. The van der Waals surface area contributed by atoms with Crippen molar-refractivity contribution < 1.29 is 9.53 Å². The Hall–Kier alpha value is -2.65. The molecular weight excluding hydrogens is 334 g/mol. The van der Waals surface area contributed by atoms with Crippen molar-refractivity contribution in [1.82, 2.24) is 9.97 Å². The van der Waals surface area contributed by atoms with Crippen molar-refractivity contribution >= 4 is 28.2 Å².